The Kier molecular flexibility index (Phi) is 6.67. The van der Waals surface area contributed by atoms with Crippen molar-refractivity contribution < 1.29 is 14.3 Å². The van der Waals surface area contributed by atoms with Crippen LogP contribution >= 0.6 is 0 Å². The summed E-state index contributed by atoms with van der Waals surface area (Å²) < 4.78 is 10.8. The first-order chi connectivity index (χ1) is 14.4. The van der Waals surface area contributed by atoms with Gasteiger partial charge in [0.1, 0.15) is 0 Å². The molecule has 0 fully saturated rings. The molecule has 160 valence electrons. The number of hydrogen-bond acceptors (Lipinski definition) is 4. The van der Waals surface area contributed by atoms with Crippen LogP contribution in [0.5, 0.6) is 11.5 Å². The third-order valence-corrected chi connectivity index (χ3v) is 5.41. The van der Waals surface area contributed by atoms with E-state index in [9.17, 15) is 4.79 Å². The third-order valence-electron chi connectivity index (χ3n) is 5.41. The summed E-state index contributed by atoms with van der Waals surface area (Å²) >= 11 is 0. The summed E-state index contributed by atoms with van der Waals surface area (Å²) in [7, 11) is 9.13. The molecular formula is C24H31N3O3. The topological polar surface area (TPSA) is 57.8 Å². The molecule has 0 radical (unpaired) electrons. The first kappa shape index (κ1) is 21.7. The van der Waals surface area contributed by atoms with E-state index in [1.807, 2.05) is 57.5 Å². The fourth-order valence-corrected chi connectivity index (χ4v) is 3.66. The minimum Gasteiger partial charge on any atom is -0.493 e. The third kappa shape index (κ3) is 4.28. The SMILES string of the molecule is CCc1c(-c2ccc(OC)c(OC)c2)[nH]c2ccc(C(=O)N(C)CCN(C)C)cc12. The molecule has 2 aromatic carbocycles. The molecular weight excluding hydrogens is 378 g/mol. The molecule has 0 atom stereocenters. The van der Waals surface area contributed by atoms with Gasteiger partial charge in [0.15, 0.2) is 11.5 Å². The molecule has 30 heavy (non-hydrogen) atoms. The zero-order chi connectivity index (χ0) is 21.8. The van der Waals surface area contributed by atoms with Gasteiger partial charge in [-0.25, -0.2) is 0 Å². The van der Waals surface area contributed by atoms with Crippen molar-refractivity contribution in [1.82, 2.24) is 14.8 Å². The zero-order valence-corrected chi connectivity index (χ0v) is 18.7. The van der Waals surface area contributed by atoms with Gasteiger partial charge in [-0.1, -0.05) is 6.92 Å². The number of benzene rings is 2. The molecule has 3 aromatic rings. The maximum atomic E-state index is 12.9. The molecule has 0 aliphatic heterocycles. The quantitative estimate of drug-likeness (QED) is 0.610. The van der Waals surface area contributed by atoms with Gasteiger partial charge in [-0.2, -0.15) is 0 Å². The van der Waals surface area contributed by atoms with Crippen LogP contribution < -0.4 is 9.47 Å². The average Bonchev–Trinajstić information content (AvgIpc) is 3.13. The monoisotopic (exact) mass is 409 g/mol. The molecule has 0 aliphatic rings. The Labute approximate surface area is 178 Å². The van der Waals surface area contributed by atoms with Crippen LogP contribution in [0.2, 0.25) is 0 Å². The number of nitrogens with zero attached hydrogens (tertiary/aromatic N) is 2. The van der Waals surface area contributed by atoms with Crippen LogP contribution in [0.1, 0.15) is 22.8 Å². The lowest BCUT2D eigenvalue weighted by molar-refractivity contribution is 0.0786. The van der Waals surface area contributed by atoms with Crippen LogP contribution in [0.15, 0.2) is 36.4 Å². The van der Waals surface area contributed by atoms with Gasteiger partial charge < -0.3 is 24.3 Å². The highest BCUT2D eigenvalue weighted by Crippen LogP contribution is 2.36. The number of hydrogen-bond donors (Lipinski definition) is 1. The predicted molar refractivity (Wildman–Crippen MR) is 122 cm³/mol. The molecule has 3 rings (SSSR count). The van der Waals surface area contributed by atoms with Crippen molar-refractivity contribution in [3.63, 3.8) is 0 Å². The summed E-state index contributed by atoms with van der Waals surface area (Å²) in [6.45, 7) is 3.65. The van der Waals surface area contributed by atoms with Crippen molar-refractivity contribution in [3.8, 4) is 22.8 Å². The molecule has 6 nitrogen and oxygen atoms in total. The number of ether oxygens (including phenoxy) is 2. The second-order valence-electron chi connectivity index (χ2n) is 7.69. The summed E-state index contributed by atoms with van der Waals surface area (Å²) in [5, 5.41) is 1.08. The van der Waals surface area contributed by atoms with E-state index in [4.69, 9.17) is 9.47 Å². The van der Waals surface area contributed by atoms with Crippen LogP contribution in [-0.4, -0.2) is 69.1 Å². The number of rotatable bonds is 8. The molecule has 1 amide bonds. The maximum absolute atomic E-state index is 12.9. The van der Waals surface area contributed by atoms with Crippen molar-refractivity contribution in [3.05, 3.63) is 47.5 Å². The lowest BCUT2D eigenvalue weighted by Crippen LogP contribution is -2.33. The summed E-state index contributed by atoms with van der Waals surface area (Å²) in [5.74, 6) is 1.42. The van der Waals surface area contributed by atoms with E-state index >= 15 is 0 Å². The van der Waals surface area contributed by atoms with E-state index in [1.54, 1.807) is 19.1 Å². The Hall–Kier alpha value is -2.99. The van der Waals surface area contributed by atoms with Gasteiger partial charge in [0.05, 0.1) is 14.2 Å². The summed E-state index contributed by atoms with van der Waals surface area (Å²) in [5.41, 5.74) is 4.97. The largest absolute Gasteiger partial charge is 0.493 e. The molecule has 0 saturated carbocycles. The van der Waals surface area contributed by atoms with Crippen LogP contribution in [0.4, 0.5) is 0 Å². The summed E-state index contributed by atoms with van der Waals surface area (Å²) in [4.78, 5) is 20.3. The molecule has 1 aromatic heterocycles. The standard InChI is InChI=1S/C24H31N3O3/c1-7-18-19-14-17(24(28)27(4)13-12-26(2)3)8-10-20(19)25-23(18)16-9-11-21(29-5)22(15-16)30-6/h8-11,14-15,25H,7,12-13H2,1-6H3. The summed E-state index contributed by atoms with van der Waals surface area (Å²) in [6.07, 6.45) is 0.845. The van der Waals surface area contributed by atoms with E-state index in [1.165, 1.54) is 5.56 Å². The Morgan fingerprint density at radius 3 is 2.33 bits per heavy atom. The van der Waals surface area contributed by atoms with Gasteiger partial charge in [0, 0.05) is 47.9 Å². The van der Waals surface area contributed by atoms with Gasteiger partial charge in [0.2, 0.25) is 0 Å². The number of nitrogens with one attached hydrogen (secondary N) is 1. The van der Waals surface area contributed by atoms with Crippen LogP contribution in [-0.2, 0) is 6.42 Å². The zero-order valence-electron chi connectivity index (χ0n) is 18.7. The number of carbonyl (C=O) groups excluding carboxylic acids is 1. The smallest absolute Gasteiger partial charge is 0.253 e. The maximum Gasteiger partial charge on any atom is 0.253 e. The second-order valence-corrected chi connectivity index (χ2v) is 7.69. The highest BCUT2D eigenvalue weighted by atomic mass is 16.5. The van der Waals surface area contributed by atoms with Crippen LogP contribution in [0.25, 0.3) is 22.2 Å². The Morgan fingerprint density at radius 1 is 0.967 bits per heavy atom. The van der Waals surface area contributed by atoms with E-state index in [0.29, 0.717) is 23.6 Å². The van der Waals surface area contributed by atoms with Crippen molar-refractivity contribution in [2.24, 2.45) is 0 Å². The number of aromatic nitrogens is 1. The number of methoxy groups -OCH3 is 2. The van der Waals surface area contributed by atoms with Gasteiger partial charge in [-0.05, 0) is 62.5 Å². The van der Waals surface area contributed by atoms with Gasteiger partial charge >= 0.3 is 0 Å². The molecule has 0 unspecified atom stereocenters. The molecule has 0 aliphatic carbocycles. The molecule has 0 spiro atoms. The van der Waals surface area contributed by atoms with Gasteiger partial charge in [-0.3, -0.25) is 4.79 Å². The lowest BCUT2D eigenvalue weighted by Gasteiger charge is -2.19. The predicted octanol–water partition coefficient (Wildman–Crippen LogP) is 4.05. The fraction of sp³-hybridized carbons (Fsp3) is 0.375. The van der Waals surface area contributed by atoms with Gasteiger partial charge in [-0.15, -0.1) is 0 Å². The molecule has 0 bridgehead atoms. The Bertz CT molecular complexity index is 1040. The second kappa shape index (κ2) is 9.22. The summed E-state index contributed by atoms with van der Waals surface area (Å²) in [6, 6.07) is 11.8. The van der Waals surface area contributed by atoms with Crippen LogP contribution in [0, 0.1) is 0 Å². The van der Waals surface area contributed by atoms with E-state index < -0.39 is 0 Å². The van der Waals surface area contributed by atoms with E-state index in [0.717, 1.165) is 35.1 Å². The van der Waals surface area contributed by atoms with E-state index in [2.05, 4.69) is 16.8 Å². The highest BCUT2D eigenvalue weighted by molar-refractivity contribution is 6.00. The van der Waals surface area contributed by atoms with Crippen molar-refractivity contribution >= 4 is 16.8 Å². The number of aromatic amines is 1. The van der Waals surface area contributed by atoms with Crippen molar-refractivity contribution in [1.29, 1.82) is 0 Å². The Morgan fingerprint density at radius 2 is 1.70 bits per heavy atom. The van der Waals surface area contributed by atoms with Crippen LogP contribution in [0.3, 0.4) is 0 Å². The van der Waals surface area contributed by atoms with Crippen molar-refractivity contribution in [2.75, 3.05) is 48.5 Å². The number of carbonyl (C=O) groups is 1. The number of fused-ring (bicyclic) bond motifs is 1. The molecule has 1 N–H and O–H groups in total. The normalized spacial score (nSPS) is 11.2. The Balaban J connectivity index is 2.00. The average molecular weight is 410 g/mol. The molecule has 1 heterocycles. The van der Waals surface area contributed by atoms with Gasteiger partial charge in [0.25, 0.3) is 5.91 Å². The first-order valence-corrected chi connectivity index (χ1v) is 10.2. The van der Waals surface area contributed by atoms with E-state index in [-0.39, 0.29) is 5.91 Å². The molecule has 6 heteroatoms. The number of amides is 1. The lowest BCUT2D eigenvalue weighted by atomic mass is 10.0. The highest BCUT2D eigenvalue weighted by Gasteiger charge is 2.17. The number of H-pyrrole nitrogens is 1. The van der Waals surface area contributed by atoms with Crippen molar-refractivity contribution in [2.45, 2.75) is 13.3 Å². The number of likely N-dealkylation sites (N-methyl/N-ethyl adjacent to an activating group) is 2. The fourth-order valence-electron chi connectivity index (χ4n) is 3.66. The first-order valence-electron chi connectivity index (χ1n) is 10.2. The number of aryl methyl sites for hydroxylation is 1. The minimum absolute atomic E-state index is 0.0367. The molecule has 0 saturated heterocycles. The minimum atomic E-state index is 0.0367.